The lowest BCUT2D eigenvalue weighted by Gasteiger charge is -2.34. The number of hydrogen-bond donors (Lipinski definition) is 1. The minimum Gasteiger partial charge on any atom is -0.507 e. The zero-order valence-corrected chi connectivity index (χ0v) is 13.3. The van der Waals surface area contributed by atoms with Crippen molar-refractivity contribution >= 4 is 11.8 Å². The number of furan rings is 1. The van der Waals surface area contributed by atoms with Crippen molar-refractivity contribution in [1.82, 2.24) is 9.80 Å². The van der Waals surface area contributed by atoms with Gasteiger partial charge in [0.15, 0.2) is 5.76 Å². The fraction of sp³-hybridized carbons (Fsp3) is 0.294. The second-order valence-corrected chi connectivity index (χ2v) is 5.44. The molecule has 0 radical (unpaired) electrons. The largest absolute Gasteiger partial charge is 0.507 e. The van der Waals surface area contributed by atoms with Crippen LogP contribution in [0.5, 0.6) is 11.5 Å². The smallest absolute Gasteiger partial charge is 0.289 e. The summed E-state index contributed by atoms with van der Waals surface area (Å²) in [5.41, 5.74) is 0.224. The first-order valence-electron chi connectivity index (χ1n) is 7.59. The Bertz CT molecular complexity index is 733. The third-order valence-corrected chi connectivity index (χ3v) is 4.02. The molecular weight excluding hydrogens is 312 g/mol. The van der Waals surface area contributed by atoms with Gasteiger partial charge in [-0.05, 0) is 24.3 Å². The molecular formula is C17H18N2O5. The summed E-state index contributed by atoms with van der Waals surface area (Å²) in [6, 6.07) is 7.86. The molecule has 1 aliphatic heterocycles. The zero-order chi connectivity index (χ0) is 17.1. The second kappa shape index (κ2) is 6.66. The first-order chi connectivity index (χ1) is 11.6. The highest BCUT2D eigenvalue weighted by molar-refractivity contribution is 5.97. The van der Waals surface area contributed by atoms with E-state index in [4.69, 9.17) is 9.15 Å². The topological polar surface area (TPSA) is 83.2 Å². The van der Waals surface area contributed by atoms with Gasteiger partial charge in [0, 0.05) is 32.2 Å². The van der Waals surface area contributed by atoms with Gasteiger partial charge in [-0.3, -0.25) is 9.59 Å². The van der Waals surface area contributed by atoms with Gasteiger partial charge in [0.2, 0.25) is 0 Å². The first-order valence-corrected chi connectivity index (χ1v) is 7.59. The number of phenols is 1. The van der Waals surface area contributed by atoms with E-state index < -0.39 is 0 Å². The van der Waals surface area contributed by atoms with E-state index >= 15 is 0 Å². The molecule has 2 amide bonds. The average molecular weight is 330 g/mol. The van der Waals surface area contributed by atoms with E-state index in [0.717, 1.165) is 0 Å². The van der Waals surface area contributed by atoms with Gasteiger partial charge in [0.05, 0.1) is 18.9 Å². The predicted molar refractivity (Wildman–Crippen MR) is 85.2 cm³/mol. The lowest BCUT2D eigenvalue weighted by molar-refractivity contribution is 0.0516. The van der Waals surface area contributed by atoms with Crippen molar-refractivity contribution in [3.8, 4) is 11.5 Å². The van der Waals surface area contributed by atoms with E-state index in [2.05, 4.69) is 0 Å². The molecule has 1 aliphatic rings. The fourth-order valence-electron chi connectivity index (χ4n) is 2.66. The highest BCUT2D eigenvalue weighted by atomic mass is 16.5. The summed E-state index contributed by atoms with van der Waals surface area (Å²) < 4.78 is 10.1. The Morgan fingerprint density at radius 3 is 2.29 bits per heavy atom. The summed E-state index contributed by atoms with van der Waals surface area (Å²) >= 11 is 0. The van der Waals surface area contributed by atoms with Gasteiger partial charge in [-0.25, -0.2) is 0 Å². The fourth-order valence-corrected chi connectivity index (χ4v) is 2.66. The Labute approximate surface area is 139 Å². The maximum Gasteiger partial charge on any atom is 0.289 e. The highest BCUT2D eigenvalue weighted by Crippen LogP contribution is 2.25. The standard InChI is InChI=1S/C17H18N2O5/c1-23-12-4-5-13(14(20)11-12)16(21)18-6-8-19(9-7-18)17(22)15-3-2-10-24-15/h2-5,10-11,20H,6-9H2,1H3. The summed E-state index contributed by atoms with van der Waals surface area (Å²) in [6.45, 7) is 1.64. The number of rotatable bonds is 3. The van der Waals surface area contributed by atoms with Crippen LogP contribution in [-0.2, 0) is 0 Å². The normalized spacial score (nSPS) is 14.5. The minimum absolute atomic E-state index is 0.117. The summed E-state index contributed by atoms with van der Waals surface area (Å²) in [5.74, 6) is 0.216. The molecule has 0 bridgehead atoms. The molecule has 1 saturated heterocycles. The van der Waals surface area contributed by atoms with Gasteiger partial charge >= 0.3 is 0 Å². The van der Waals surface area contributed by atoms with Crippen LogP contribution >= 0.6 is 0 Å². The quantitative estimate of drug-likeness (QED) is 0.924. The number of amides is 2. The number of benzene rings is 1. The van der Waals surface area contributed by atoms with Crippen LogP contribution in [0.25, 0.3) is 0 Å². The van der Waals surface area contributed by atoms with E-state index in [1.54, 1.807) is 28.0 Å². The van der Waals surface area contributed by atoms with Gasteiger partial charge in [-0.1, -0.05) is 0 Å². The van der Waals surface area contributed by atoms with Gasteiger partial charge in [-0.15, -0.1) is 0 Å². The maximum absolute atomic E-state index is 12.5. The van der Waals surface area contributed by atoms with Crippen molar-refractivity contribution in [1.29, 1.82) is 0 Å². The molecule has 126 valence electrons. The van der Waals surface area contributed by atoms with Crippen molar-refractivity contribution < 1.29 is 23.8 Å². The van der Waals surface area contributed by atoms with E-state index in [0.29, 0.717) is 37.7 Å². The molecule has 7 nitrogen and oxygen atoms in total. The van der Waals surface area contributed by atoms with Crippen molar-refractivity contribution in [3.05, 3.63) is 47.9 Å². The number of methoxy groups -OCH3 is 1. The van der Waals surface area contributed by atoms with Crippen LogP contribution in [-0.4, -0.2) is 60.0 Å². The Morgan fingerprint density at radius 1 is 1.08 bits per heavy atom. The second-order valence-electron chi connectivity index (χ2n) is 5.44. The Kier molecular flexibility index (Phi) is 4.41. The lowest BCUT2D eigenvalue weighted by Crippen LogP contribution is -2.50. The van der Waals surface area contributed by atoms with Crippen molar-refractivity contribution in [3.63, 3.8) is 0 Å². The van der Waals surface area contributed by atoms with Crippen LogP contribution in [0.2, 0.25) is 0 Å². The summed E-state index contributed by atoms with van der Waals surface area (Å²) in [4.78, 5) is 28.0. The molecule has 0 spiro atoms. The summed E-state index contributed by atoms with van der Waals surface area (Å²) in [5, 5.41) is 9.98. The molecule has 1 aromatic carbocycles. The van der Waals surface area contributed by atoms with Gasteiger partial charge in [-0.2, -0.15) is 0 Å². The molecule has 0 atom stereocenters. The van der Waals surface area contributed by atoms with Crippen molar-refractivity contribution in [2.45, 2.75) is 0 Å². The van der Waals surface area contributed by atoms with E-state index in [1.165, 1.54) is 25.5 Å². The van der Waals surface area contributed by atoms with E-state index in [-0.39, 0.29) is 23.1 Å². The Morgan fingerprint density at radius 2 is 1.75 bits per heavy atom. The number of piperazine rings is 1. The first kappa shape index (κ1) is 15.9. The predicted octanol–water partition coefficient (Wildman–Crippen LogP) is 1.59. The number of ether oxygens (including phenoxy) is 1. The molecule has 0 saturated carbocycles. The van der Waals surface area contributed by atoms with Crippen molar-refractivity contribution in [2.24, 2.45) is 0 Å². The number of carbonyl (C=O) groups is 2. The van der Waals surface area contributed by atoms with E-state index in [9.17, 15) is 14.7 Å². The molecule has 7 heteroatoms. The SMILES string of the molecule is COc1ccc(C(=O)N2CCN(C(=O)c3ccco3)CC2)c(O)c1. The molecule has 0 aliphatic carbocycles. The van der Waals surface area contributed by atoms with Gasteiger partial charge in [0.25, 0.3) is 11.8 Å². The highest BCUT2D eigenvalue weighted by Gasteiger charge is 2.27. The molecule has 3 rings (SSSR count). The van der Waals surface area contributed by atoms with Crippen LogP contribution in [0, 0.1) is 0 Å². The monoisotopic (exact) mass is 330 g/mol. The Hall–Kier alpha value is -2.96. The van der Waals surface area contributed by atoms with Gasteiger partial charge < -0.3 is 24.1 Å². The minimum atomic E-state index is -0.264. The summed E-state index contributed by atoms with van der Waals surface area (Å²) in [7, 11) is 1.49. The number of aromatic hydroxyl groups is 1. The third-order valence-electron chi connectivity index (χ3n) is 4.02. The summed E-state index contributed by atoms with van der Waals surface area (Å²) in [6.07, 6.45) is 1.46. The van der Waals surface area contributed by atoms with Crippen LogP contribution in [0.1, 0.15) is 20.9 Å². The number of carbonyl (C=O) groups excluding carboxylic acids is 2. The van der Waals surface area contributed by atoms with Gasteiger partial charge in [0.1, 0.15) is 11.5 Å². The van der Waals surface area contributed by atoms with Crippen LogP contribution < -0.4 is 4.74 Å². The van der Waals surface area contributed by atoms with E-state index in [1.807, 2.05) is 0 Å². The third kappa shape index (κ3) is 3.05. The molecule has 2 heterocycles. The number of nitrogens with zero attached hydrogens (tertiary/aromatic N) is 2. The molecule has 1 N–H and O–H groups in total. The molecule has 0 unspecified atom stereocenters. The molecule has 24 heavy (non-hydrogen) atoms. The molecule has 1 fully saturated rings. The van der Waals surface area contributed by atoms with Crippen LogP contribution in [0.15, 0.2) is 41.0 Å². The molecule has 1 aromatic heterocycles. The lowest BCUT2D eigenvalue weighted by atomic mass is 10.1. The molecule has 2 aromatic rings. The maximum atomic E-state index is 12.5. The number of hydrogen-bond acceptors (Lipinski definition) is 5. The Balaban J connectivity index is 1.64. The van der Waals surface area contributed by atoms with Crippen LogP contribution in [0.3, 0.4) is 0 Å². The average Bonchev–Trinajstić information content (AvgIpc) is 3.15. The number of phenolic OH excluding ortho intramolecular Hbond substituents is 1. The van der Waals surface area contributed by atoms with Crippen LogP contribution in [0.4, 0.5) is 0 Å². The zero-order valence-electron chi connectivity index (χ0n) is 13.3. The van der Waals surface area contributed by atoms with Crippen molar-refractivity contribution in [2.75, 3.05) is 33.3 Å².